The van der Waals surface area contributed by atoms with Crippen molar-refractivity contribution >= 4 is 35.6 Å². The van der Waals surface area contributed by atoms with E-state index in [4.69, 9.17) is 4.74 Å². The zero-order chi connectivity index (χ0) is 17.6. The van der Waals surface area contributed by atoms with Gasteiger partial charge in [-0.3, -0.25) is 4.99 Å². The van der Waals surface area contributed by atoms with E-state index in [0.29, 0.717) is 12.0 Å². The number of ether oxygens (including phenoxy) is 1. The highest BCUT2D eigenvalue weighted by atomic mass is 127. The van der Waals surface area contributed by atoms with E-state index in [2.05, 4.69) is 46.9 Å². The molecule has 0 aliphatic rings. The molecule has 5 nitrogen and oxygen atoms in total. The lowest BCUT2D eigenvalue weighted by atomic mass is 10.0. The van der Waals surface area contributed by atoms with Gasteiger partial charge in [-0.15, -0.1) is 24.0 Å². The average molecular weight is 462 g/mol. The molecule has 0 spiro atoms. The number of hydrogen-bond donors (Lipinski definition) is 3. The number of guanidine groups is 1. The predicted octanol–water partition coefficient (Wildman–Crippen LogP) is 3.72. The minimum Gasteiger partial charge on any atom is -0.385 e. The molecule has 25 heavy (non-hydrogen) atoms. The molecule has 0 aliphatic heterocycles. The molecule has 0 aliphatic carbocycles. The van der Waals surface area contributed by atoms with Gasteiger partial charge in [0.1, 0.15) is 0 Å². The average Bonchev–Trinajstić information content (AvgIpc) is 2.59. The van der Waals surface area contributed by atoms with Crippen LogP contribution in [0.15, 0.2) is 35.3 Å². The summed E-state index contributed by atoms with van der Waals surface area (Å²) in [6, 6.07) is 10.3. The van der Waals surface area contributed by atoms with Crippen LogP contribution in [-0.2, 0) is 4.74 Å². The second kappa shape index (κ2) is 15.3. The first-order chi connectivity index (χ1) is 11.7. The van der Waals surface area contributed by atoms with Crippen molar-refractivity contribution in [1.82, 2.24) is 10.6 Å². The molecule has 1 rings (SSSR count). The molecule has 0 aromatic heterocycles. The van der Waals surface area contributed by atoms with Gasteiger partial charge in [0.15, 0.2) is 5.96 Å². The van der Waals surface area contributed by atoms with Gasteiger partial charge in [-0.1, -0.05) is 32.0 Å². The van der Waals surface area contributed by atoms with Crippen molar-refractivity contribution in [3.05, 3.63) is 30.3 Å². The smallest absolute Gasteiger partial charge is 0.190 e. The van der Waals surface area contributed by atoms with Gasteiger partial charge in [-0.05, 0) is 37.8 Å². The fraction of sp³-hybridized carbons (Fsp3) is 0.632. The summed E-state index contributed by atoms with van der Waals surface area (Å²) in [6.45, 7) is 9.91. The molecule has 0 fully saturated rings. The molecular weight excluding hydrogens is 427 g/mol. The molecule has 1 aromatic carbocycles. The van der Waals surface area contributed by atoms with Crippen LogP contribution in [-0.4, -0.2) is 45.4 Å². The van der Waals surface area contributed by atoms with Gasteiger partial charge in [0.2, 0.25) is 0 Å². The minimum absolute atomic E-state index is 0. The largest absolute Gasteiger partial charge is 0.385 e. The van der Waals surface area contributed by atoms with Gasteiger partial charge in [0.25, 0.3) is 0 Å². The first-order valence-corrected chi connectivity index (χ1v) is 9.02. The van der Waals surface area contributed by atoms with Gasteiger partial charge in [-0.2, -0.15) is 0 Å². The Balaban J connectivity index is 0.00000576. The Bertz CT molecular complexity index is 454. The minimum atomic E-state index is 0. The van der Waals surface area contributed by atoms with Gasteiger partial charge in [0.05, 0.1) is 6.10 Å². The molecule has 1 unspecified atom stereocenters. The normalized spacial score (nSPS) is 12.4. The standard InChI is InChI=1S/C19H34N4O.HI/c1-5-24-18(16(2)3)12-15-23-19(20-4)22-14-9-13-21-17-10-7-6-8-11-17;/h6-8,10-11,16,18,21H,5,9,12-15H2,1-4H3,(H2,20,22,23);1H. The summed E-state index contributed by atoms with van der Waals surface area (Å²) in [6.07, 6.45) is 2.32. The van der Waals surface area contributed by atoms with Crippen LogP contribution in [0.5, 0.6) is 0 Å². The molecule has 3 N–H and O–H groups in total. The zero-order valence-corrected chi connectivity index (χ0v) is 18.4. The van der Waals surface area contributed by atoms with Crippen LogP contribution in [0.25, 0.3) is 0 Å². The number of para-hydroxylation sites is 1. The maximum absolute atomic E-state index is 5.77. The molecule has 0 saturated carbocycles. The predicted molar refractivity (Wildman–Crippen MR) is 119 cm³/mol. The number of anilines is 1. The van der Waals surface area contributed by atoms with E-state index >= 15 is 0 Å². The highest BCUT2D eigenvalue weighted by molar-refractivity contribution is 14.0. The van der Waals surface area contributed by atoms with Crippen LogP contribution in [0.1, 0.15) is 33.6 Å². The fourth-order valence-electron chi connectivity index (χ4n) is 2.46. The van der Waals surface area contributed by atoms with Gasteiger partial charge >= 0.3 is 0 Å². The van der Waals surface area contributed by atoms with Crippen molar-refractivity contribution in [3.63, 3.8) is 0 Å². The van der Waals surface area contributed by atoms with Crippen molar-refractivity contribution < 1.29 is 4.74 Å². The number of nitrogens with zero attached hydrogens (tertiary/aromatic N) is 1. The number of halogens is 1. The van der Waals surface area contributed by atoms with Crippen LogP contribution in [0, 0.1) is 5.92 Å². The van der Waals surface area contributed by atoms with E-state index in [-0.39, 0.29) is 24.0 Å². The lowest BCUT2D eigenvalue weighted by Gasteiger charge is -2.21. The van der Waals surface area contributed by atoms with Crippen LogP contribution in [0.3, 0.4) is 0 Å². The summed E-state index contributed by atoms with van der Waals surface area (Å²) >= 11 is 0. The Labute approximate surface area is 170 Å². The molecule has 0 bridgehead atoms. The Kier molecular flexibility index (Phi) is 14.6. The third-order valence-electron chi connectivity index (χ3n) is 3.82. The first-order valence-electron chi connectivity index (χ1n) is 9.02. The van der Waals surface area contributed by atoms with Crippen LogP contribution >= 0.6 is 24.0 Å². The maximum atomic E-state index is 5.77. The summed E-state index contributed by atoms with van der Waals surface area (Å²) in [7, 11) is 1.81. The van der Waals surface area contributed by atoms with E-state index in [1.807, 2.05) is 25.1 Å². The number of nitrogens with one attached hydrogen (secondary N) is 3. The van der Waals surface area contributed by atoms with E-state index in [0.717, 1.165) is 50.7 Å². The fourth-order valence-corrected chi connectivity index (χ4v) is 2.46. The zero-order valence-electron chi connectivity index (χ0n) is 16.0. The third kappa shape index (κ3) is 11.3. The molecule has 0 radical (unpaired) electrons. The van der Waals surface area contributed by atoms with Crippen LogP contribution in [0.4, 0.5) is 5.69 Å². The van der Waals surface area contributed by atoms with Gasteiger partial charge in [-0.25, -0.2) is 0 Å². The van der Waals surface area contributed by atoms with E-state index < -0.39 is 0 Å². The van der Waals surface area contributed by atoms with E-state index in [9.17, 15) is 0 Å². The van der Waals surface area contributed by atoms with Gasteiger partial charge in [0, 0.05) is 39.0 Å². The molecule has 6 heteroatoms. The summed E-state index contributed by atoms with van der Waals surface area (Å²) in [4.78, 5) is 4.26. The molecule has 0 saturated heterocycles. The highest BCUT2D eigenvalue weighted by Gasteiger charge is 2.12. The quantitative estimate of drug-likeness (QED) is 0.203. The Morgan fingerprint density at radius 3 is 2.36 bits per heavy atom. The van der Waals surface area contributed by atoms with Crippen molar-refractivity contribution in [2.45, 2.75) is 39.7 Å². The Morgan fingerprint density at radius 2 is 1.76 bits per heavy atom. The molecule has 1 atom stereocenters. The Hall–Kier alpha value is -1.02. The third-order valence-corrected chi connectivity index (χ3v) is 3.82. The first kappa shape index (κ1) is 24.0. The number of benzene rings is 1. The SMILES string of the molecule is CCOC(CCNC(=NC)NCCCNc1ccccc1)C(C)C.I. The molecule has 0 amide bonds. The summed E-state index contributed by atoms with van der Waals surface area (Å²) in [5.41, 5.74) is 1.16. The monoisotopic (exact) mass is 462 g/mol. The van der Waals surface area contributed by atoms with Crippen molar-refractivity contribution in [1.29, 1.82) is 0 Å². The molecule has 144 valence electrons. The number of rotatable bonds is 11. The summed E-state index contributed by atoms with van der Waals surface area (Å²) in [5, 5.41) is 10.1. The Morgan fingerprint density at radius 1 is 1.08 bits per heavy atom. The summed E-state index contributed by atoms with van der Waals surface area (Å²) < 4.78 is 5.77. The molecule has 1 aromatic rings. The maximum Gasteiger partial charge on any atom is 0.190 e. The van der Waals surface area contributed by atoms with Crippen LogP contribution in [0.2, 0.25) is 0 Å². The van der Waals surface area contributed by atoms with E-state index in [1.54, 1.807) is 7.05 Å². The number of hydrogen-bond acceptors (Lipinski definition) is 3. The second-order valence-corrected chi connectivity index (χ2v) is 6.10. The van der Waals surface area contributed by atoms with Crippen LogP contribution < -0.4 is 16.0 Å². The lowest BCUT2D eigenvalue weighted by molar-refractivity contribution is 0.0258. The molecule has 0 heterocycles. The van der Waals surface area contributed by atoms with Crippen molar-refractivity contribution in [3.8, 4) is 0 Å². The molecular formula is C19H35IN4O. The van der Waals surface area contributed by atoms with Crippen molar-refractivity contribution in [2.75, 3.05) is 38.6 Å². The lowest BCUT2D eigenvalue weighted by Crippen LogP contribution is -2.40. The summed E-state index contributed by atoms with van der Waals surface area (Å²) in [5.74, 6) is 1.39. The number of aliphatic imine (C=N–C) groups is 1. The topological polar surface area (TPSA) is 57.7 Å². The van der Waals surface area contributed by atoms with Crippen molar-refractivity contribution in [2.24, 2.45) is 10.9 Å². The highest BCUT2D eigenvalue weighted by Crippen LogP contribution is 2.09. The van der Waals surface area contributed by atoms with Gasteiger partial charge < -0.3 is 20.7 Å². The second-order valence-electron chi connectivity index (χ2n) is 6.10. The van der Waals surface area contributed by atoms with E-state index in [1.165, 1.54) is 0 Å².